The highest BCUT2D eigenvalue weighted by Crippen LogP contribution is 2.29. The van der Waals surface area contributed by atoms with E-state index in [0.29, 0.717) is 5.69 Å². The predicted octanol–water partition coefficient (Wildman–Crippen LogP) is 1.38. The van der Waals surface area contributed by atoms with Crippen LogP contribution in [0.1, 0.15) is 0 Å². The lowest BCUT2D eigenvalue weighted by Gasteiger charge is -2.13. The van der Waals surface area contributed by atoms with Crippen LogP contribution in [0.15, 0.2) is 17.6 Å². The summed E-state index contributed by atoms with van der Waals surface area (Å²) in [6.07, 6.45) is 0. The molecule has 0 unspecified atom stereocenters. The van der Waals surface area contributed by atoms with E-state index in [0.717, 1.165) is 15.9 Å². The first kappa shape index (κ1) is 11.7. The van der Waals surface area contributed by atoms with Gasteiger partial charge in [0.15, 0.2) is 0 Å². The Morgan fingerprint density at radius 1 is 1.53 bits per heavy atom. The van der Waals surface area contributed by atoms with Crippen molar-refractivity contribution in [3.8, 4) is 0 Å². The van der Waals surface area contributed by atoms with Gasteiger partial charge in [0.2, 0.25) is 5.91 Å². The summed E-state index contributed by atoms with van der Waals surface area (Å²) in [5.74, 6) is 0.00257. The van der Waals surface area contributed by atoms with E-state index in [1.807, 2.05) is 12.1 Å². The molecule has 1 amide bonds. The molecule has 0 atom stereocenters. The fourth-order valence-corrected chi connectivity index (χ4v) is 2.13. The summed E-state index contributed by atoms with van der Waals surface area (Å²) in [5.41, 5.74) is 9.87. The molecule has 0 radical (unpaired) electrons. The third kappa shape index (κ3) is 2.31. The van der Waals surface area contributed by atoms with Gasteiger partial charge in [0.1, 0.15) is 5.52 Å². The Kier molecular flexibility index (Phi) is 3.14. The number of thiazole rings is 1. The zero-order valence-corrected chi connectivity index (χ0v) is 10.5. The van der Waals surface area contributed by atoms with Crippen LogP contribution in [0.4, 0.5) is 11.4 Å². The van der Waals surface area contributed by atoms with Crippen LogP contribution in [-0.2, 0) is 4.79 Å². The smallest absolute Gasteiger partial charge is 0.241 e. The predicted molar refractivity (Wildman–Crippen MR) is 71.2 cm³/mol. The summed E-state index contributed by atoms with van der Waals surface area (Å²) in [6.45, 7) is 0.229. The average Bonchev–Trinajstić information content (AvgIpc) is 2.76. The van der Waals surface area contributed by atoms with Crippen molar-refractivity contribution >= 4 is 38.8 Å². The molecule has 0 bridgehead atoms. The summed E-state index contributed by atoms with van der Waals surface area (Å²) >= 11 is 1.55. The van der Waals surface area contributed by atoms with Gasteiger partial charge in [-0.2, -0.15) is 0 Å². The van der Waals surface area contributed by atoms with Gasteiger partial charge in [0.05, 0.1) is 28.1 Å². The molecular formula is C11H14N4OS. The number of rotatable bonds is 3. The van der Waals surface area contributed by atoms with Gasteiger partial charge in [-0.1, -0.05) is 0 Å². The fraction of sp³-hybridized carbons (Fsp3) is 0.273. The van der Waals surface area contributed by atoms with Crippen LogP contribution in [-0.4, -0.2) is 36.4 Å². The Labute approximate surface area is 103 Å². The van der Waals surface area contributed by atoms with Gasteiger partial charge in [-0.25, -0.2) is 4.98 Å². The maximum Gasteiger partial charge on any atom is 0.241 e. The molecule has 0 saturated carbocycles. The Balaban J connectivity index is 2.19. The van der Waals surface area contributed by atoms with Crippen LogP contribution in [0.25, 0.3) is 10.2 Å². The molecule has 1 heterocycles. The second-order valence-electron chi connectivity index (χ2n) is 3.87. The molecule has 6 heteroatoms. The molecule has 5 nitrogen and oxygen atoms in total. The molecule has 0 saturated heterocycles. The number of likely N-dealkylation sites (N-methyl/N-ethyl adjacent to an activating group) is 1. The minimum atomic E-state index is 0.00257. The van der Waals surface area contributed by atoms with E-state index in [-0.39, 0.29) is 12.5 Å². The van der Waals surface area contributed by atoms with Gasteiger partial charge in [-0.15, -0.1) is 11.3 Å². The SMILES string of the molecule is CN(C)C(=O)CNc1ccc2scnc2c1N. The van der Waals surface area contributed by atoms with Crippen molar-refractivity contribution in [2.75, 3.05) is 31.7 Å². The number of fused-ring (bicyclic) bond motifs is 1. The zero-order valence-electron chi connectivity index (χ0n) is 9.73. The van der Waals surface area contributed by atoms with E-state index in [1.54, 1.807) is 30.9 Å². The Hall–Kier alpha value is -1.82. The number of nitrogen functional groups attached to an aromatic ring is 1. The van der Waals surface area contributed by atoms with E-state index >= 15 is 0 Å². The Morgan fingerprint density at radius 3 is 3.00 bits per heavy atom. The molecule has 17 heavy (non-hydrogen) atoms. The third-order valence-corrected chi connectivity index (χ3v) is 3.26. The van der Waals surface area contributed by atoms with Crippen LogP contribution in [0.2, 0.25) is 0 Å². The maximum absolute atomic E-state index is 11.5. The van der Waals surface area contributed by atoms with Crippen LogP contribution in [0.3, 0.4) is 0 Å². The average molecular weight is 250 g/mol. The van der Waals surface area contributed by atoms with Crippen molar-refractivity contribution < 1.29 is 4.79 Å². The lowest BCUT2D eigenvalue weighted by molar-refractivity contribution is -0.126. The number of hydrogen-bond donors (Lipinski definition) is 2. The van der Waals surface area contributed by atoms with Crippen LogP contribution < -0.4 is 11.1 Å². The molecule has 0 aliphatic rings. The molecule has 2 aromatic rings. The number of nitrogens with one attached hydrogen (secondary N) is 1. The largest absolute Gasteiger partial charge is 0.395 e. The number of carbonyl (C=O) groups excluding carboxylic acids is 1. The first-order chi connectivity index (χ1) is 8.09. The minimum absolute atomic E-state index is 0.00257. The fourth-order valence-electron chi connectivity index (χ4n) is 1.44. The van der Waals surface area contributed by atoms with Crippen molar-refractivity contribution in [3.05, 3.63) is 17.6 Å². The lowest BCUT2D eigenvalue weighted by Crippen LogP contribution is -2.28. The van der Waals surface area contributed by atoms with E-state index < -0.39 is 0 Å². The van der Waals surface area contributed by atoms with Gasteiger partial charge in [-0.05, 0) is 12.1 Å². The maximum atomic E-state index is 11.5. The van der Waals surface area contributed by atoms with Gasteiger partial charge in [0, 0.05) is 14.1 Å². The number of carbonyl (C=O) groups is 1. The number of benzene rings is 1. The quantitative estimate of drug-likeness (QED) is 0.807. The highest BCUT2D eigenvalue weighted by Gasteiger charge is 2.08. The van der Waals surface area contributed by atoms with Crippen LogP contribution in [0, 0.1) is 0 Å². The number of aromatic nitrogens is 1. The molecule has 2 rings (SSSR count). The second kappa shape index (κ2) is 4.58. The Morgan fingerprint density at radius 2 is 2.29 bits per heavy atom. The van der Waals surface area contributed by atoms with Gasteiger partial charge < -0.3 is 16.0 Å². The first-order valence-electron chi connectivity index (χ1n) is 5.15. The topological polar surface area (TPSA) is 71.2 Å². The van der Waals surface area contributed by atoms with E-state index in [9.17, 15) is 4.79 Å². The second-order valence-corrected chi connectivity index (χ2v) is 4.75. The normalized spacial score (nSPS) is 10.5. The standard InChI is InChI=1S/C11H14N4OS/c1-15(2)9(16)5-13-7-3-4-8-11(10(7)12)14-6-17-8/h3-4,6,13H,5,12H2,1-2H3. The molecule has 0 fully saturated rings. The van der Waals surface area contributed by atoms with Crippen molar-refractivity contribution in [1.82, 2.24) is 9.88 Å². The van der Waals surface area contributed by atoms with Crippen molar-refractivity contribution in [2.24, 2.45) is 0 Å². The Bertz CT molecular complexity index is 549. The van der Waals surface area contributed by atoms with Crippen molar-refractivity contribution in [2.45, 2.75) is 0 Å². The van der Waals surface area contributed by atoms with E-state index in [1.165, 1.54) is 4.90 Å². The summed E-state index contributed by atoms with van der Waals surface area (Å²) in [5, 5.41) is 3.02. The van der Waals surface area contributed by atoms with Crippen LogP contribution >= 0.6 is 11.3 Å². The lowest BCUT2D eigenvalue weighted by atomic mass is 10.2. The molecule has 0 spiro atoms. The molecule has 90 valence electrons. The third-order valence-electron chi connectivity index (χ3n) is 2.47. The number of amides is 1. The summed E-state index contributed by atoms with van der Waals surface area (Å²) < 4.78 is 1.05. The first-order valence-corrected chi connectivity index (χ1v) is 6.03. The number of hydrogen-bond acceptors (Lipinski definition) is 5. The monoisotopic (exact) mass is 250 g/mol. The number of nitrogens with zero attached hydrogens (tertiary/aromatic N) is 2. The van der Waals surface area contributed by atoms with E-state index in [4.69, 9.17) is 5.73 Å². The number of anilines is 2. The summed E-state index contributed by atoms with van der Waals surface area (Å²) in [6, 6.07) is 3.82. The molecule has 3 N–H and O–H groups in total. The molecule has 0 aliphatic heterocycles. The molecule has 1 aromatic carbocycles. The minimum Gasteiger partial charge on any atom is -0.395 e. The molecular weight excluding hydrogens is 236 g/mol. The van der Waals surface area contributed by atoms with Gasteiger partial charge in [-0.3, -0.25) is 4.79 Å². The number of nitrogens with two attached hydrogens (primary N) is 1. The molecule has 1 aromatic heterocycles. The zero-order chi connectivity index (χ0) is 12.4. The molecule has 0 aliphatic carbocycles. The van der Waals surface area contributed by atoms with Crippen molar-refractivity contribution in [1.29, 1.82) is 0 Å². The van der Waals surface area contributed by atoms with Crippen LogP contribution in [0.5, 0.6) is 0 Å². The van der Waals surface area contributed by atoms with Crippen molar-refractivity contribution in [3.63, 3.8) is 0 Å². The van der Waals surface area contributed by atoms with E-state index in [2.05, 4.69) is 10.3 Å². The highest BCUT2D eigenvalue weighted by atomic mass is 32.1. The summed E-state index contributed by atoms with van der Waals surface area (Å²) in [4.78, 5) is 17.2. The highest BCUT2D eigenvalue weighted by molar-refractivity contribution is 7.16. The summed E-state index contributed by atoms with van der Waals surface area (Å²) in [7, 11) is 3.44. The van der Waals surface area contributed by atoms with Gasteiger partial charge >= 0.3 is 0 Å². The van der Waals surface area contributed by atoms with Gasteiger partial charge in [0.25, 0.3) is 0 Å².